The number of rotatable bonds is 3. The second-order valence-corrected chi connectivity index (χ2v) is 6.97. The number of phenols is 1. The van der Waals surface area contributed by atoms with Crippen molar-refractivity contribution in [2.75, 3.05) is 27.9 Å². The lowest BCUT2D eigenvalue weighted by Crippen LogP contribution is -2.34. The van der Waals surface area contributed by atoms with Crippen molar-refractivity contribution >= 4 is 0 Å². The van der Waals surface area contributed by atoms with Gasteiger partial charge in [-0.25, -0.2) is 0 Å². The lowest BCUT2D eigenvalue weighted by molar-refractivity contribution is 0.173. The summed E-state index contributed by atoms with van der Waals surface area (Å²) in [5.41, 5.74) is 5.12. The summed E-state index contributed by atoms with van der Waals surface area (Å²) in [7, 11) is 4.95. The van der Waals surface area contributed by atoms with Gasteiger partial charge in [0, 0.05) is 19.1 Å². The molecule has 2 aromatic carbocycles. The van der Waals surface area contributed by atoms with Crippen LogP contribution in [0.4, 0.5) is 0 Å². The zero-order valence-corrected chi connectivity index (χ0v) is 15.5. The molecule has 1 atom stereocenters. The first-order valence-electron chi connectivity index (χ1n) is 9.02. The van der Waals surface area contributed by atoms with Crippen LogP contribution in [0.15, 0.2) is 24.3 Å². The molecule has 0 radical (unpaired) electrons. The molecule has 1 unspecified atom stereocenters. The Kier molecular flexibility index (Phi) is 4.41. The molecule has 0 bridgehead atoms. The Morgan fingerprint density at radius 3 is 2.19 bits per heavy atom. The number of phenolic OH excluding ortho intramolecular Hbond substituents is 1. The molecular weight excluding hydrogens is 330 g/mol. The highest BCUT2D eigenvalue weighted by molar-refractivity contribution is 5.51. The maximum atomic E-state index is 10.3. The van der Waals surface area contributed by atoms with Gasteiger partial charge in [0.1, 0.15) is 0 Å². The zero-order valence-electron chi connectivity index (χ0n) is 15.5. The van der Waals surface area contributed by atoms with E-state index < -0.39 is 0 Å². The van der Waals surface area contributed by atoms with Gasteiger partial charge >= 0.3 is 0 Å². The summed E-state index contributed by atoms with van der Waals surface area (Å²) >= 11 is 0. The van der Waals surface area contributed by atoms with Gasteiger partial charge in [0.15, 0.2) is 23.0 Å². The Balaban J connectivity index is 1.71. The molecule has 0 saturated heterocycles. The van der Waals surface area contributed by atoms with Crippen LogP contribution in [0, 0.1) is 0 Å². The fourth-order valence-corrected chi connectivity index (χ4v) is 4.31. The Bertz CT molecular complexity index is 833. The van der Waals surface area contributed by atoms with Crippen molar-refractivity contribution in [2.24, 2.45) is 0 Å². The standard InChI is InChI=1S/C21H25NO4/c1-24-19-9-14-6-7-22-12-15-10-21(26-3)20(25-2)8-13(15)4-5-17(22)16(14)11-18(19)23/h8-11,17,23H,4-7,12H2,1-3H3. The lowest BCUT2D eigenvalue weighted by atomic mass is 9.89. The highest BCUT2D eigenvalue weighted by atomic mass is 16.5. The molecule has 2 heterocycles. The number of ether oxygens (including phenoxy) is 3. The van der Waals surface area contributed by atoms with Crippen LogP contribution >= 0.6 is 0 Å². The van der Waals surface area contributed by atoms with Gasteiger partial charge in [0.2, 0.25) is 0 Å². The van der Waals surface area contributed by atoms with E-state index in [2.05, 4.69) is 17.0 Å². The predicted octanol–water partition coefficient (Wildman–Crippen LogP) is 3.46. The molecule has 5 heteroatoms. The smallest absolute Gasteiger partial charge is 0.161 e. The maximum absolute atomic E-state index is 10.3. The number of aryl methyl sites for hydroxylation is 1. The monoisotopic (exact) mass is 355 g/mol. The SMILES string of the molecule is COc1cc2c(cc1O)C1CCc3cc(OC)c(OC)cc3CN1CC2. The van der Waals surface area contributed by atoms with Crippen molar-refractivity contribution in [1.82, 2.24) is 4.90 Å². The molecule has 138 valence electrons. The Labute approximate surface area is 154 Å². The van der Waals surface area contributed by atoms with Gasteiger partial charge in [-0.3, -0.25) is 4.90 Å². The average Bonchev–Trinajstić information content (AvgIpc) is 2.85. The largest absolute Gasteiger partial charge is 0.504 e. The van der Waals surface area contributed by atoms with Crippen LogP contribution in [-0.2, 0) is 19.4 Å². The van der Waals surface area contributed by atoms with E-state index in [9.17, 15) is 5.11 Å². The molecule has 5 nitrogen and oxygen atoms in total. The summed E-state index contributed by atoms with van der Waals surface area (Å²) in [5, 5.41) is 10.3. The molecule has 2 aliphatic heterocycles. The normalized spacial score (nSPS) is 19.0. The first kappa shape index (κ1) is 17.0. The third-order valence-electron chi connectivity index (χ3n) is 5.68. The minimum atomic E-state index is 0.221. The first-order chi connectivity index (χ1) is 12.6. The molecule has 1 N–H and O–H groups in total. The molecule has 4 rings (SSSR count). The van der Waals surface area contributed by atoms with Crippen molar-refractivity contribution in [1.29, 1.82) is 0 Å². The van der Waals surface area contributed by atoms with E-state index in [-0.39, 0.29) is 5.75 Å². The highest BCUT2D eigenvalue weighted by Gasteiger charge is 2.31. The molecule has 0 amide bonds. The van der Waals surface area contributed by atoms with E-state index in [1.165, 1.54) is 22.3 Å². The molecule has 2 aliphatic rings. The summed E-state index contributed by atoms with van der Waals surface area (Å²) < 4.78 is 16.2. The Morgan fingerprint density at radius 2 is 1.50 bits per heavy atom. The van der Waals surface area contributed by atoms with E-state index in [0.717, 1.165) is 43.9 Å². The summed E-state index contributed by atoms with van der Waals surface area (Å²) in [4.78, 5) is 2.51. The van der Waals surface area contributed by atoms with Gasteiger partial charge in [0.25, 0.3) is 0 Å². The van der Waals surface area contributed by atoms with Crippen molar-refractivity contribution in [3.63, 3.8) is 0 Å². The van der Waals surface area contributed by atoms with Crippen LogP contribution in [0.25, 0.3) is 0 Å². The molecule has 0 aromatic heterocycles. The van der Waals surface area contributed by atoms with Crippen LogP contribution in [0.1, 0.15) is 34.7 Å². The highest BCUT2D eigenvalue weighted by Crippen LogP contribution is 2.43. The Hall–Kier alpha value is -2.40. The minimum absolute atomic E-state index is 0.221. The first-order valence-corrected chi connectivity index (χ1v) is 9.02. The summed E-state index contributed by atoms with van der Waals surface area (Å²) in [6.45, 7) is 1.88. The molecular formula is C21H25NO4. The average molecular weight is 355 g/mol. The van der Waals surface area contributed by atoms with Gasteiger partial charge in [-0.1, -0.05) is 0 Å². The zero-order chi connectivity index (χ0) is 18.3. The van der Waals surface area contributed by atoms with Crippen molar-refractivity contribution in [2.45, 2.75) is 31.8 Å². The van der Waals surface area contributed by atoms with Gasteiger partial charge in [0.05, 0.1) is 21.3 Å². The molecule has 0 fully saturated rings. The van der Waals surface area contributed by atoms with Gasteiger partial charge in [-0.05, 0) is 65.8 Å². The molecule has 0 spiro atoms. The van der Waals surface area contributed by atoms with Crippen LogP contribution in [0.5, 0.6) is 23.0 Å². The van der Waals surface area contributed by atoms with Gasteiger partial charge in [-0.15, -0.1) is 0 Å². The van der Waals surface area contributed by atoms with Crippen molar-refractivity contribution in [3.8, 4) is 23.0 Å². The maximum Gasteiger partial charge on any atom is 0.161 e. The third-order valence-corrected chi connectivity index (χ3v) is 5.68. The van der Waals surface area contributed by atoms with E-state index in [1.807, 2.05) is 12.1 Å². The van der Waals surface area contributed by atoms with E-state index in [4.69, 9.17) is 14.2 Å². The third kappa shape index (κ3) is 2.76. The molecule has 2 aromatic rings. The minimum Gasteiger partial charge on any atom is -0.504 e. The lowest BCUT2D eigenvalue weighted by Gasteiger charge is -2.36. The van der Waals surface area contributed by atoms with Crippen LogP contribution in [-0.4, -0.2) is 37.9 Å². The number of fused-ring (bicyclic) bond motifs is 4. The quantitative estimate of drug-likeness (QED) is 0.914. The predicted molar refractivity (Wildman–Crippen MR) is 99.4 cm³/mol. The second kappa shape index (κ2) is 6.72. The number of nitrogens with zero attached hydrogens (tertiary/aromatic N) is 1. The van der Waals surface area contributed by atoms with Crippen LogP contribution in [0.3, 0.4) is 0 Å². The van der Waals surface area contributed by atoms with Crippen molar-refractivity contribution in [3.05, 3.63) is 46.5 Å². The number of benzene rings is 2. The number of methoxy groups -OCH3 is 3. The van der Waals surface area contributed by atoms with E-state index in [1.54, 1.807) is 21.3 Å². The summed E-state index contributed by atoms with van der Waals surface area (Å²) in [6.07, 6.45) is 2.95. The molecule has 0 saturated carbocycles. The van der Waals surface area contributed by atoms with Crippen LogP contribution < -0.4 is 14.2 Å². The number of hydrogen-bond donors (Lipinski definition) is 1. The van der Waals surface area contributed by atoms with Crippen molar-refractivity contribution < 1.29 is 19.3 Å². The fourth-order valence-electron chi connectivity index (χ4n) is 4.31. The molecule has 26 heavy (non-hydrogen) atoms. The molecule has 0 aliphatic carbocycles. The number of hydrogen-bond acceptors (Lipinski definition) is 5. The summed E-state index contributed by atoms with van der Waals surface area (Å²) in [6, 6.07) is 8.41. The van der Waals surface area contributed by atoms with E-state index in [0.29, 0.717) is 11.8 Å². The Morgan fingerprint density at radius 1 is 0.846 bits per heavy atom. The van der Waals surface area contributed by atoms with E-state index >= 15 is 0 Å². The fraction of sp³-hybridized carbons (Fsp3) is 0.429. The van der Waals surface area contributed by atoms with Gasteiger partial charge < -0.3 is 19.3 Å². The summed E-state index contributed by atoms with van der Waals surface area (Å²) in [5.74, 6) is 2.35. The van der Waals surface area contributed by atoms with Gasteiger partial charge in [-0.2, -0.15) is 0 Å². The number of aromatic hydroxyl groups is 1. The topological polar surface area (TPSA) is 51.2 Å². The second-order valence-electron chi connectivity index (χ2n) is 6.97. The van der Waals surface area contributed by atoms with Crippen LogP contribution in [0.2, 0.25) is 0 Å².